The first-order valence-electron chi connectivity index (χ1n) is 10.1. The molecule has 3 rings (SSSR count). The van der Waals surface area contributed by atoms with E-state index in [4.69, 9.17) is 4.74 Å². The zero-order chi connectivity index (χ0) is 22.2. The Balaban J connectivity index is 1.48. The quantitative estimate of drug-likeness (QED) is 0.499. The number of benzene rings is 2. The van der Waals surface area contributed by atoms with Gasteiger partial charge >= 0.3 is 5.97 Å². The van der Waals surface area contributed by atoms with Gasteiger partial charge in [-0.25, -0.2) is 9.18 Å². The zero-order valence-corrected chi connectivity index (χ0v) is 18.2. The highest BCUT2D eigenvalue weighted by Crippen LogP contribution is 2.24. The molecule has 2 aromatic carbocycles. The highest BCUT2D eigenvalue weighted by Gasteiger charge is 2.20. The molecule has 2 aromatic rings. The lowest BCUT2D eigenvalue weighted by atomic mass is 10.1. The van der Waals surface area contributed by atoms with Gasteiger partial charge < -0.3 is 15.0 Å². The van der Waals surface area contributed by atoms with Crippen LogP contribution in [-0.2, 0) is 20.9 Å². The van der Waals surface area contributed by atoms with Gasteiger partial charge in [0.1, 0.15) is 5.82 Å². The molecule has 1 saturated heterocycles. The normalized spacial score (nSPS) is 13.2. The molecule has 2 amide bonds. The van der Waals surface area contributed by atoms with Crippen LogP contribution in [0.3, 0.4) is 0 Å². The van der Waals surface area contributed by atoms with E-state index in [1.807, 2.05) is 4.90 Å². The van der Waals surface area contributed by atoms with Crippen molar-refractivity contribution < 1.29 is 23.5 Å². The maximum Gasteiger partial charge on any atom is 0.339 e. The van der Waals surface area contributed by atoms with Crippen molar-refractivity contribution in [3.63, 3.8) is 0 Å². The van der Waals surface area contributed by atoms with Gasteiger partial charge in [0.15, 0.2) is 6.61 Å². The van der Waals surface area contributed by atoms with Crippen LogP contribution in [0.5, 0.6) is 0 Å². The van der Waals surface area contributed by atoms with Gasteiger partial charge in [0, 0.05) is 24.5 Å². The van der Waals surface area contributed by atoms with E-state index < -0.39 is 18.5 Å². The summed E-state index contributed by atoms with van der Waals surface area (Å²) in [6.07, 6.45) is 2.06. The van der Waals surface area contributed by atoms with Crippen LogP contribution >= 0.6 is 11.8 Å². The predicted octanol–water partition coefficient (Wildman–Crippen LogP) is 3.32. The monoisotopic (exact) mass is 444 g/mol. The van der Waals surface area contributed by atoms with E-state index in [1.54, 1.807) is 43.3 Å². The lowest BCUT2D eigenvalue weighted by molar-refractivity contribution is -0.127. The summed E-state index contributed by atoms with van der Waals surface area (Å²) in [6.45, 7) is 2.92. The molecule has 0 radical (unpaired) electrons. The Bertz CT molecular complexity index is 960. The Morgan fingerprint density at radius 3 is 2.61 bits per heavy atom. The molecule has 0 bridgehead atoms. The molecule has 1 aliphatic heterocycles. The van der Waals surface area contributed by atoms with Crippen molar-refractivity contribution in [3.8, 4) is 0 Å². The third kappa shape index (κ3) is 6.55. The molecule has 0 saturated carbocycles. The number of halogens is 1. The van der Waals surface area contributed by atoms with Gasteiger partial charge in [0.25, 0.3) is 5.91 Å². The summed E-state index contributed by atoms with van der Waals surface area (Å²) < 4.78 is 18.7. The summed E-state index contributed by atoms with van der Waals surface area (Å²) >= 11 is 1.29. The number of hydrogen-bond acceptors (Lipinski definition) is 5. The Hall–Kier alpha value is -2.87. The van der Waals surface area contributed by atoms with Crippen LogP contribution in [0.2, 0.25) is 0 Å². The van der Waals surface area contributed by atoms with Crippen molar-refractivity contribution in [2.45, 2.75) is 31.2 Å². The highest BCUT2D eigenvalue weighted by molar-refractivity contribution is 8.00. The lowest BCUT2D eigenvalue weighted by Crippen LogP contribution is -2.29. The summed E-state index contributed by atoms with van der Waals surface area (Å²) in [5.41, 5.74) is 1.46. The molecule has 31 heavy (non-hydrogen) atoms. The number of likely N-dealkylation sites (tertiary alicyclic amines) is 1. The van der Waals surface area contributed by atoms with E-state index >= 15 is 0 Å². The van der Waals surface area contributed by atoms with Crippen LogP contribution in [0.4, 0.5) is 4.39 Å². The third-order valence-corrected chi connectivity index (χ3v) is 6.04. The second-order valence-electron chi connectivity index (χ2n) is 7.31. The summed E-state index contributed by atoms with van der Waals surface area (Å²) in [6, 6.07) is 11.6. The van der Waals surface area contributed by atoms with Crippen LogP contribution in [0, 0.1) is 12.7 Å². The lowest BCUT2D eigenvalue weighted by Gasteiger charge is -2.15. The van der Waals surface area contributed by atoms with Crippen molar-refractivity contribution in [1.82, 2.24) is 10.2 Å². The Kier molecular flexibility index (Phi) is 8.06. The smallest absolute Gasteiger partial charge is 0.339 e. The minimum absolute atomic E-state index is 0.0533. The fourth-order valence-corrected chi connectivity index (χ4v) is 4.11. The van der Waals surface area contributed by atoms with Gasteiger partial charge in [-0.2, -0.15) is 0 Å². The largest absolute Gasteiger partial charge is 0.452 e. The van der Waals surface area contributed by atoms with Crippen molar-refractivity contribution in [3.05, 3.63) is 65.0 Å². The molecule has 0 aromatic heterocycles. The minimum atomic E-state index is -0.631. The number of aryl methyl sites for hydroxylation is 1. The van der Waals surface area contributed by atoms with E-state index in [9.17, 15) is 18.8 Å². The summed E-state index contributed by atoms with van der Waals surface area (Å²) in [5, 5.41) is 2.60. The van der Waals surface area contributed by atoms with Crippen molar-refractivity contribution in [1.29, 1.82) is 0 Å². The van der Waals surface area contributed by atoms with Crippen LogP contribution in [0.25, 0.3) is 0 Å². The molecule has 8 heteroatoms. The fraction of sp³-hybridized carbons (Fsp3) is 0.348. The maximum atomic E-state index is 13.6. The molecule has 1 fully saturated rings. The number of carbonyl (C=O) groups excluding carboxylic acids is 3. The van der Waals surface area contributed by atoms with E-state index in [2.05, 4.69) is 5.32 Å². The molecule has 0 unspecified atom stereocenters. The Morgan fingerprint density at radius 2 is 1.87 bits per heavy atom. The van der Waals surface area contributed by atoms with E-state index in [0.29, 0.717) is 21.6 Å². The van der Waals surface area contributed by atoms with E-state index in [1.165, 1.54) is 17.8 Å². The molecule has 6 nitrogen and oxygen atoms in total. The van der Waals surface area contributed by atoms with Crippen molar-refractivity contribution in [2.24, 2.45) is 0 Å². The fourth-order valence-electron chi connectivity index (χ4n) is 3.17. The molecule has 0 atom stereocenters. The second-order valence-corrected chi connectivity index (χ2v) is 8.33. The summed E-state index contributed by atoms with van der Waals surface area (Å²) in [5.74, 6) is -1.15. The number of nitrogens with one attached hydrogen (secondary N) is 1. The molecular weight excluding hydrogens is 419 g/mol. The standard InChI is InChI=1S/C23H25FN2O4S/c1-16-8-9-17(12-19(16)24)13-25-21(27)14-30-23(29)18-6-2-3-7-20(18)31-15-22(28)26-10-4-5-11-26/h2-3,6-9,12H,4-5,10-11,13-15H2,1H3,(H,25,27). The SMILES string of the molecule is Cc1ccc(CNC(=O)COC(=O)c2ccccc2SCC(=O)N2CCCC2)cc1F. The first-order valence-corrected chi connectivity index (χ1v) is 11.1. The molecule has 1 aliphatic rings. The molecule has 1 heterocycles. The third-order valence-electron chi connectivity index (χ3n) is 4.98. The Morgan fingerprint density at radius 1 is 1.13 bits per heavy atom. The number of esters is 1. The molecule has 164 valence electrons. The molecule has 0 aliphatic carbocycles. The first-order chi connectivity index (χ1) is 14.9. The molecule has 0 spiro atoms. The van der Waals surface area contributed by atoms with Gasteiger partial charge in [-0.1, -0.05) is 24.3 Å². The number of thioether (sulfide) groups is 1. The van der Waals surface area contributed by atoms with E-state index in [0.717, 1.165) is 25.9 Å². The van der Waals surface area contributed by atoms with Crippen molar-refractivity contribution in [2.75, 3.05) is 25.4 Å². The number of hydrogen-bond donors (Lipinski definition) is 1. The van der Waals surface area contributed by atoms with Gasteiger partial charge in [-0.15, -0.1) is 11.8 Å². The minimum Gasteiger partial charge on any atom is -0.452 e. The molecular formula is C23H25FN2O4S. The van der Waals surface area contributed by atoms with Gasteiger partial charge in [-0.05, 0) is 49.1 Å². The average Bonchev–Trinajstić information content (AvgIpc) is 3.32. The average molecular weight is 445 g/mol. The summed E-state index contributed by atoms with van der Waals surface area (Å²) in [7, 11) is 0. The van der Waals surface area contributed by atoms with E-state index in [-0.39, 0.29) is 24.0 Å². The predicted molar refractivity (Wildman–Crippen MR) is 116 cm³/mol. The number of ether oxygens (including phenoxy) is 1. The Labute approximate surface area is 185 Å². The molecule has 1 N–H and O–H groups in total. The number of amides is 2. The second kappa shape index (κ2) is 10.9. The number of carbonyl (C=O) groups is 3. The van der Waals surface area contributed by atoms with Crippen LogP contribution < -0.4 is 5.32 Å². The summed E-state index contributed by atoms with van der Waals surface area (Å²) in [4.78, 5) is 39.2. The highest BCUT2D eigenvalue weighted by atomic mass is 32.2. The number of rotatable bonds is 8. The van der Waals surface area contributed by atoms with Gasteiger partial charge in [0.2, 0.25) is 5.91 Å². The van der Waals surface area contributed by atoms with Gasteiger partial charge in [-0.3, -0.25) is 9.59 Å². The van der Waals surface area contributed by atoms with Gasteiger partial charge in [0.05, 0.1) is 11.3 Å². The first kappa shape index (κ1) is 22.8. The number of nitrogens with zero attached hydrogens (tertiary/aromatic N) is 1. The van der Waals surface area contributed by atoms with Crippen molar-refractivity contribution >= 4 is 29.5 Å². The van der Waals surface area contributed by atoms with Crippen LogP contribution in [0.1, 0.15) is 34.3 Å². The maximum absolute atomic E-state index is 13.6. The topological polar surface area (TPSA) is 75.7 Å². The zero-order valence-electron chi connectivity index (χ0n) is 17.4. The van der Waals surface area contributed by atoms with Crippen LogP contribution in [-0.4, -0.2) is 48.1 Å². The van der Waals surface area contributed by atoms with Crippen LogP contribution in [0.15, 0.2) is 47.4 Å².